The summed E-state index contributed by atoms with van der Waals surface area (Å²) in [5.41, 5.74) is 1.70. The molecular formula is C16H25NO3. The van der Waals surface area contributed by atoms with Gasteiger partial charge in [0.15, 0.2) is 11.8 Å². The number of nitrogens with zero attached hydrogens (tertiary/aromatic N) is 1. The monoisotopic (exact) mass is 279 g/mol. The number of hydrogen-bond acceptors (Lipinski definition) is 3. The van der Waals surface area contributed by atoms with Gasteiger partial charge in [-0.05, 0) is 19.3 Å². The van der Waals surface area contributed by atoms with Crippen LogP contribution in [0.2, 0.25) is 0 Å². The molecule has 2 aliphatic heterocycles. The zero-order valence-electron chi connectivity index (χ0n) is 12.3. The molecule has 4 heteroatoms. The predicted molar refractivity (Wildman–Crippen MR) is 76.9 cm³/mol. The molecule has 2 N–H and O–H groups in total. The number of hydrogen-bond donors (Lipinski definition) is 2. The Morgan fingerprint density at radius 1 is 0.950 bits per heavy atom. The van der Waals surface area contributed by atoms with Crippen LogP contribution in [0.4, 0.5) is 0 Å². The Morgan fingerprint density at radius 3 is 2.10 bits per heavy atom. The van der Waals surface area contributed by atoms with Crippen molar-refractivity contribution in [3.8, 4) is 11.8 Å². The highest BCUT2D eigenvalue weighted by Crippen LogP contribution is 2.57. The lowest BCUT2D eigenvalue weighted by molar-refractivity contribution is 0.0677. The molecule has 0 saturated carbocycles. The Hall–Kier alpha value is -1.16. The number of rotatable bonds is 7. The third-order valence-electron chi connectivity index (χ3n) is 4.68. The molecule has 3 heterocycles. The summed E-state index contributed by atoms with van der Waals surface area (Å²) in [6.07, 6.45) is 9.19. The molecule has 112 valence electrons. The first-order valence-corrected chi connectivity index (χ1v) is 8.03. The molecule has 0 amide bonds. The molecule has 0 aliphatic carbocycles. The van der Waals surface area contributed by atoms with E-state index < -0.39 is 0 Å². The van der Waals surface area contributed by atoms with Crippen molar-refractivity contribution in [2.24, 2.45) is 0 Å². The van der Waals surface area contributed by atoms with E-state index >= 15 is 0 Å². The van der Waals surface area contributed by atoms with E-state index in [2.05, 4.69) is 6.92 Å². The minimum Gasteiger partial charge on any atom is -0.494 e. The normalized spacial score (nSPS) is 23.4. The number of aromatic nitrogens is 1. The SMILES string of the molecule is CCCCCCCCn1c(O)c2c(c1O)C1CCC2O1. The van der Waals surface area contributed by atoms with Gasteiger partial charge >= 0.3 is 0 Å². The standard InChI is InChI=1S/C16H25NO3/c1-2-3-4-5-6-7-10-17-15(18)13-11-8-9-12(20-11)14(13)16(17)19/h11-12,18-19H,2-10H2,1H3. The number of unbranched alkanes of at least 4 members (excludes halogenated alkanes) is 5. The summed E-state index contributed by atoms with van der Waals surface area (Å²) >= 11 is 0. The number of ether oxygens (including phenoxy) is 1. The van der Waals surface area contributed by atoms with Crippen LogP contribution in [-0.2, 0) is 11.3 Å². The van der Waals surface area contributed by atoms with Crippen LogP contribution in [0.15, 0.2) is 0 Å². The zero-order valence-corrected chi connectivity index (χ0v) is 12.3. The molecule has 2 unspecified atom stereocenters. The Balaban J connectivity index is 1.61. The van der Waals surface area contributed by atoms with Crippen LogP contribution in [0.5, 0.6) is 11.8 Å². The lowest BCUT2D eigenvalue weighted by Crippen LogP contribution is -1.99. The minimum atomic E-state index is 0.00621. The van der Waals surface area contributed by atoms with Crippen LogP contribution in [0.3, 0.4) is 0 Å². The summed E-state index contributed by atoms with van der Waals surface area (Å²) in [5.74, 6) is 0.469. The van der Waals surface area contributed by atoms with Crippen LogP contribution in [-0.4, -0.2) is 14.8 Å². The molecule has 20 heavy (non-hydrogen) atoms. The Labute approximate surface area is 120 Å². The lowest BCUT2D eigenvalue weighted by Gasteiger charge is -2.10. The highest BCUT2D eigenvalue weighted by atomic mass is 16.5. The van der Waals surface area contributed by atoms with Crippen molar-refractivity contribution in [2.45, 2.75) is 77.0 Å². The predicted octanol–water partition coefficient (Wildman–Crippen LogP) is 4.17. The van der Waals surface area contributed by atoms with Gasteiger partial charge in [-0.25, -0.2) is 0 Å². The second-order valence-corrected chi connectivity index (χ2v) is 6.08. The molecule has 0 aromatic carbocycles. The van der Waals surface area contributed by atoms with Crippen LogP contribution in [0.25, 0.3) is 0 Å². The van der Waals surface area contributed by atoms with Gasteiger partial charge in [0, 0.05) is 6.54 Å². The van der Waals surface area contributed by atoms with Gasteiger partial charge in [-0.15, -0.1) is 0 Å². The van der Waals surface area contributed by atoms with Gasteiger partial charge in [0.25, 0.3) is 0 Å². The van der Waals surface area contributed by atoms with Crippen molar-refractivity contribution in [1.29, 1.82) is 0 Å². The van der Waals surface area contributed by atoms with Gasteiger partial charge in [-0.3, -0.25) is 4.57 Å². The summed E-state index contributed by atoms with van der Waals surface area (Å²) in [5, 5.41) is 20.6. The minimum absolute atomic E-state index is 0.00621. The smallest absolute Gasteiger partial charge is 0.200 e. The molecule has 2 atom stereocenters. The molecule has 3 rings (SSSR count). The van der Waals surface area contributed by atoms with Crippen molar-refractivity contribution in [3.63, 3.8) is 0 Å². The van der Waals surface area contributed by atoms with E-state index in [-0.39, 0.29) is 24.0 Å². The van der Waals surface area contributed by atoms with E-state index in [1.165, 1.54) is 25.7 Å². The third kappa shape index (κ3) is 2.20. The average molecular weight is 279 g/mol. The Morgan fingerprint density at radius 2 is 1.50 bits per heavy atom. The molecule has 1 aromatic rings. The van der Waals surface area contributed by atoms with Gasteiger partial charge in [-0.1, -0.05) is 39.0 Å². The fourth-order valence-corrected chi connectivity index (χ4v) is 3.59. The summed E-state index contributed by atoms with van der Waals surface area (Å²) in [4.78, 5) is 0. The van der Waals surface area contributed by atoms with Crippen LogP contribution in [0.1, 0.15) is 81.6 Å². The summed E-state index contributed by atoms with van der Waals surface area (Å²) in [6.45, 7) is 2.92. The maximum absolute atomic E-state index is 10.3. The van der Waals surface area contributed by atoms with Crippen LogP contribution >= 0.6 is 0 Å². The summed E-state index contributed by atoms with van der Waals surface area (Å²) < 4.78 is 7.41. The first-order chi connectivity index (χ1) is 9.74. The van der Waals surface area contributed by atoms with Crippen molar-refractivity contribution in [1.82, 2.24) is 4.57 Å². The van der Waals surface area contributed by atoms with Crippen molar-refractivity contribution in [2.75, 3.05) is 0 Å². The first-order valence-electron chi connectivity index (χ1n) is 8.03. The molecule has 1 saturated heterocycles. The number of fused-ring (bicyclic) bond motifs is 5. The van der Waals surface area contributed by atoms with Gasteiger partial charge < -0.3 is 14.9 Å². The highest BCUT2D eigenvalue weighted by molar-refractivity contribution is 5.51. The largest absolute Gasteiger partial charge is 0.494 e. The quantitative estimate of drug-likeness (QED) is 0.737. The first kappa shape index (κ1) is 13.8. The van der Waals surface area contributed by atoms with Gasteiger partial charge in [-0.2, -0.15) is 0 Å². The maximum Gasteiger partial charge on any atom is 0.200 e. The van der Waals surface area contributed by atoms with E-state index in [4.69, 9.17) is 4.74 Å². The van der Waals surface area contributed by atoms with Gasteiger partial charge in [0.2, 0.25) is 0 Å². The van der Waals surface area contributed by atoms with Crippen LogP contribution < -0.4 is 0 Å². The van der Waals surface area contributed by atoms with Crippen molar-refractivity contribution < 1.29 is 14.9 Å². The van der Waals surface area contributed by atoms with Crippen LogP contribution in [0, 0.1) is 0 Å². The molecule has 1 aromatic heterocycles. The van der Waals surface area contributed by atoms with E-state index in [1.807, 2.05) is 0 Å². The van der Waals surface area contributed by atoms with E-state index in [0.29, 0.717) is 6.54 Å². The lowest BCUT2D eigenvalue weighted by atomic mass is 9.95. The van der Waals surface area contributed by atoms with Crippen molar-refractivity contribution in [3.05, 3.63) is 11.1 Å². The topological polar surface area (TPSA) is 54.6 Å². The molecule has 1 fully saturated rings. The summed E-state index contributed by atoms with van der Waals surface area (Å²) in [6, 6.07) is 0. The molecule has 0 spiro atoms. The molecule has 0 radical (unpaired) electrons. The maximum atomic E-state index is 10.3. The fourth-order valence-electron chi connectivity index (χ4n) is 3.59. The van der Waals surface area contributed by atoms with E-state index in [9.17, 15) is 10.2 Å². The van der Waals surface area contributed by atoms with Gasteiger partial charge in [0.05, 0.1) is 23.3 Å². The second kappa shape index (κ2) is 5.68. The zero-order chi connectivity index (χ0) is 14.1. The second-order valence-electron chi connectivity index (χ2n) is 6.08. The Bertz CT molecular complexity index is 447. The third-order valence-corrected chi connectivity index (χ3v) is 4.68. The highest BCUT2D eigenvalue weighted by Gasteiger charge is 2.45. The van der Waals surface area contributed by atoms with Crippen molar-refractivity contribution >= 4 is 0 Å². The van der Waals surface area contributed by atoms with Gasteiger partial charge in [0.1, 0.15) is 0 Å². The molecule has 2 bridgehead atoms. The van der Waals surface area contributed by atoms with E-state index in [1.54, 1.807) is 4.57 Å². The number of aromatic hydroxyl groups is 2. The molecular weight excluding hydrogens is 254 g/mol. The molecule has 2 aliphatic rings. The average Bonchev–Trinajstić information content (AvgIpc) is 3.11. The molecule has 4 nitrogen and oxygen atoms in total. The fraction of sp³-hybridized carbons (Fsp3) is 0.750. The van der Waals surface area contributed by atoms with E-state index in [0.717, 1.165) is 36.8 Å². The Kier molecular flexibility index (Phi) is 3.92. The summed E-state index contributed by atoms with van der Waals surface area (Å²) in [7, 11) is 0.